The third kappa shape index (κ3) is 5.08. The van der Waals surface area contributed by atoms with Crippen molar-refractivity contribution >= 4 is 65.8 Å². The lowest BCUT2D eigenvalue weighted by molar-refractivity contribution is 0.668. The Bertz CT molecular complexity index is 3470. The average molecular weight is 732 g/mol. The van der Waals surface area contributed by atoms with Crippen LogP contribution in [0.2, 0.25) is 0 Å². The third-order valence-corrected chi connectivity index (χ3v) is 10.9. The lowest BCUT2D eigenvalue weighted by Gasteiger charge is -2.08. The smallest absolute Gasteiger partial charge is 0.167 e. The van der Waals surface area contributed by atoms with E-state index >= 15 is 0 Å². The molecule has 0 saturated carbocycles. The summed E-state index contributed by atoms with van der Waals surface area (Å²) in [5.41, 5.74) is 11.5. The Balaban J connectivity index is 1.11. The van der Waals surface area contributed by atoms with Gasteiger partial charge in [0.05, 0.1) is 5.56 Å². The van der Waals surface area contributed by atoms with Crippen LogP contribution >= 0.6 is 0 Å². The molecule has 0 aliphatic carbocycles. The highest BCUT2D eigenvalue weighted by molar-refractivity contribution is 6.15. The molecule has 0 N–H and O–H groups in total. The van der Waals surface area contributed by atoms with Gasteiger partial charge in [-0.3, -0.25) is 0 Å². The maximum absolute atomic E-state index is 7.04. The van der Waals surface area contributed by atoms with Crippen LogP contribution in [-0.4, -0.2) is 15.0 Å². The Kier molecular flexibility index (Phi) is 6.83. The summed E-state index contributed by atoms with van der Waals surface area (Å²) >= 11 is 0. The van der Waals surface area contributed by atoms with Crippen molar-refractivity contribution in [1.29, 1.82) is 0 Å². The summed E-state index contributed by atoms with van der Waals surface area (Å²) in [6.07, 6.45) is 0. The Morgan fingerprint density at radius 3 is 1.42 bits per heavy atom. The van der Waals surface area contributed by atoms with Crippen LogP contribution in [0.15, 0.2) is 189 Å². The molecule has 4 heterocycles. The number of aromatic nitrogens is 3. The zero-order chi connectivity index (χ0) is 37.5. The SMILES string of the molecule is c1ccc(-c2nc(-c3ccccc3)nc(-c3cccc4c3oc3c(-c5ccc6c(c5)oc5ccccc56)cc(-c5ccc6c(c5)oc5ccccc56)cc34)n2)cc1. The quantitative estimate of drug-likeness (QED) is 0.175. The fraction of sp³-hybridized carbons (Fsp3) is 0. The molecule has 0 radical (unpaired) electrons. The Labute approximate surface area is 325 Å². The van der Waals surface area contributed by atoms with Crippen LogP contribution in [0.1, 0.15) is 0 Å². The Hall–Kier alpha value is -7.83. The molecular formula is C51H29N3O3. The average Bonchev–Trinajstić information content (AvgIpc) is 3.97. The van der Waals surface area contributed by atoms with E-state index in [0.29, 0.717) is 23.1 Å². The van der Waals surface area contributed by atoms with E-state index < -0.39 is 0 Å². The second kappa shape index (κ2) is 12.3. The lowest BCUT2D eigenvalue weighted by Crippen LogP contribution is -2.00. The molecule has 4 aromatic heterocycles. The van der Waals surface area contributed by atoms with E-state index in [0.717, 1.165) is 99.2 Å². The summed E-state index contributed by atoms with van der Waals surface area (Å²) in [4.78, 5) is 15.1. The third-order valence-electron chi connectivity index (χ3n) is 10.9. The van der Waals surface area contributed by atoms with Crippen LogP contribution in [-0.2, 0) is 0 Å². The summed E-state index contributed by atoms with van der Waals surface area (Å²) in [6.45, 7) is 0. The Morgan fingerprint density at radius 2 is 0.772 bits per heavy atom. The standard InChI is InChI=1S/C51H29N3O3/c1-3-12-30(13-4-1)49-52-50(31-14-5-2-6-15-31)54-51(53-49)40-19-11-18-39-42-27-34(32-22-24-37-35-16-7-9-20-43(35)55-45(37)28-32)26-41(48(42)57-47(39)40)33-23-25-38-36-17-8-10-21-44(36)56-46(38)29-33/h1-29H. The molecular weight excluding hydrogens is 703 g/mol. The number of benzene rings is 8. The van der Waals surface area contributed by atoms with Crippen LogP contribution in [0, 0.1) is 0 Å². The number of hydrogen-bond donors (Lipinski definition) is 0. The lowest BCUT2D eigenvalue weighted by atomic mass is 9.94. The molecule has 0 bridgehead atoms. The first-order chi connectivity index (χ1) is 28.2. The first-order valence-electron chi connectivity index (χ1n) is 18.9. The van der Waals surface area contributed by atoms with E-state index in [4.69, 9.17) is 28.2 Å². The molecule has 266 valence electrons. The molecule has 0 fully saturated rings. The molecule has 6 heteroatoms. The second-order valence-corrected chi connectivity index (χ2v) is 14.3. The van der Waals surface area contributed by atoms with Crippen LogP contribution in [0.4, 0.5) is 0 Å². The minimum atomic E-state index is 0.535. The molecule has 0 spiro atoms. The van der Waals surface area contributed by atoms with E-state index in [2.05, 4.69) is 66.7 Å². The first kappa shape index (κ1) is 31.5. The van der Waals surface area contributed by atoms with Crippen molar-refractivity contribution in [3.63, 3.8) is 0 Å². The Morgan fingerprint density at radius 1 is 0.263 bits per heavy atom. The number of hydrogen-bond acceptors (Lipinski definition) is 6. The van der Waals surface area contributed by atoms with Crippen molar-refractivity contribution in [1.82, 2.24) is 15.0 Å². The van der Waals surface area contributed by atoms with Crippen LogP contribution in [0.3, 0.4) is 0 Å². The molecule has 12 aromatic rings. The molecule has 57 heavy (non-hydrogen) atoms. The highest BCUT2D eigenvalue weighted by Gasteiger charge is 2.22. The molecule has 0 aliphatic heterocycles. The number of rotatable bonds is 5. The molecule has 8 aromatic carbocycles. The molecule has 0 amide bonds. The molecule has 0 unspecified atom stereocenters. The van der Waals surface area contributed by atoms with Gasteiger partial charge >= 0.3 is 0 Å². The minimum absolute atomic E-state index is 0.535. The van der Waals surface area contributed by atoms with Gasteiger partial charge in [0.2, 0.25) is 0 Å². The van der Waals surface area contributed by atoms with Gasteiger partial charge in [0, 0.05) is 49.0 Å². The topological polar surface area (TPSA) is 78.1 Å². The monoisotopic (exact) mass is 731 g/mol. The van der Waals surface area contributed by atoms with E-state index in [-0.39, 0.29) is 0 Å². The predicted octanol–water partition coefficient (Wildman–Crippen LogP) is 13.9. The highest BCUT2D eigenvalue weighted by atomic mass is 16.3. The van der Waals surface area contributed by atoms with Crippen molar-refractivity contribution in [2.75, 3.05) is 0 Å². The number of nitrogens with zero attached hydrogens (tertiary/aromatic N) is 3. The van der Waals surface area contributed by atoms with Gasteiger partial charge in [-0.15, -0.1) is 0 Å². The van der Waals surface area contributed by atoms with Gasteiger partial charge < -0.3 is 13.3 Å². The van der Waals surface area contributed by atoms with Crippen molar-refractivity contribution in [3.05, 3.63) is 176 Å². The van der Waals surface area contributed by atoms with Crippen LogP contribution in [0.25, 0.3) is 122 Å². The summed E-state index contributed by atoms with van der Waals surface area (Å²) < 4.78 is 19.8. The minimum Gasteiger partial charge on any atom is -0.456 e. The van der Waals surface area contributed by atoms with Gasteiger partial charge in [0.15, 0.2) is 17.5 Å². The van der Waals surface area contributed by atoms with Gasteiger partial charge in [0.25, 0.3) is 0 Å². The van der Waals surface area contributed by atoms with Crippen molar-refractivity contribution in [2.24, 2.45) is 0 Å². The summed E-state index contributed by atoms with van der Waals surface area (Å²) in [5.74, 6) is 1.72. The van der Waals surface area contributed by atoms with Crippen LogP contribution < -0.4 is 0 Å². The largest absolute Gasteiger partial charge is 0.456 e. The normalized spacial score (nSPS) is 11.9. The maximum atomic E-state index is 7.04. The molecule has 12 rings (SSSR count). The van der Waals surface area contributed by atoms with Crippen molar-refractivity contribution in [2.45, 2.75) is 0 Å². The van der Waals surface area contributed by atoms with Crippen molar-refractivity contribution in [3.8, 4) is 56.4 Å². The first-order valence-corrected chi connectivity index (χ1v) is 18.9. The molecule has 0 saturated heterocycles. The van der Waals surface area contributed by atoms with Crippen LogP contribution in [0.5, 0.6) is 0 Å². The van der Waals surface area contributed by atoms with E-state index in [9.17, 15) is 0 Å². The summed E-state index contributed by atoms with van der Waals surface area (Å²) in [7, 11) is 0. The summed E-state index contributed by atoms with van der Waals surface area (Å²) in [6, 6.07) is 59.9. The predicted molar refractivity (Wildman–Crippen MR) is 229 cm³/mol. The zero-order valence-electron chi connectivity index (χ0n) is 30.3. The highest BCUT2D eigenvalue weighted by Crippen LogP contribution is 2.44. The molecule has 6 nitrogen and oxygen atoms in total. The van der Waals surface area contributed by atoms with Gasteiger partial charge in [-0.2, -0.15) is 0 Å². The van der Waals surface area contributed by atoms with Gasteiger partial charge in [-0.1, -0.05) is 121 Å². The molecule has 0 atom stereocenters. The van der Waals surface area contributed by atoms with Gasteiger partial charge in [0.1, 0.15) is 33.5 Å². The van der Waals surface area contributed by atoms with E-state index in [1.807, 2.05) is 109 Å². The zero-order valence-corrected chi connectivity index (χ0v) is 30.3. The number of furan rings is 3. The maximum Gasteiger partial charge on any atom is 0.167 e. The number of fused-ring (bicyclic) bond motifs is 9. The number of para-hydroxylation sites is 3. The van der Waals surface area contributed by atoms with E-state index in [1.54, 1.807) is 0 Å². The molecule has 0 aliphatic rings. The fourth-order valence-electron chi connectivity index (χ4n) is 8.19. The summed E-state index contributed by atoms with van der Waals surface area (Å²) in [5, 5.41) is 6.30. The van der Waals surface area contributed by atoms with Crippen molar-refractivity contribution < 1.29 is 13.3 Å². The fourth-order valence-corrected chi connectivity index (χ4v) is 8.19. The van der Waals surface area contributed by atoms with Gasteiger partial charge in [-0.05, 0) is 71.3 Å². The van der Waals surface area contributed by atoms with Gasteiger partial charge in [-0.25, -0.2) is 15.0 Å². The second-order valence-electron chi connectivity index (χ2n) is 14.3. The van der Waals surface area contributed by atoms with E-state index in [1.165, 1.54) is 0 Å².